The smallest absolute Gasteiger partial charge is 0.248 e. The van der Waals surface area contributed by atoms with Crippen LogP contribution in [0.2, 0.25) is 0 Å². The van der Waals surface area contributed by atoms with Crippen molar-refractivity contribution in [3.63, 3.8) is 0 Å². The first-order chi connectivity index (χ1) is 7.86. The molecule has 0 aromatic heterocycles. The number of rotatable bonds is 4. The fourth-order valence-electron chi connectivity index (χ4n) is 1.28. The van der Waals surface area contributed by atoms with Crippen LogP contribution in [0.15, 0.2) is 24.3 Å². The van der Waals surface area contributed by atoms with E-state index in [4.69, 9.17) is 5.26 Å². The SMILES string of the molecule is CC(C)c1cccc(NS(=O)(=O)C(C)C#N)c1. The van der Waals surface area contributed by atoms with Crippen molar-refractivity contribution in [2.24, 2.45) is 0 Å². The van der Waals surface area contributed by atoms with Gasteiger partial charge in [0, 0.05) is 5.69 Å². The van der Waals surface area contributed by atoms with E-state index in [9.17, 15) is 8.42 Å². The summed E-state index contributed by atoms with van der Waals surface area (Å²) in [5.74, 6) is 0.327. The molecule has 0 aliphatic carbocycles. The van der Waals surface area contributed by atoms with Gasteiger partial charge in [0.25, 0.3) is 0 Å². The maximum absolute atomic E-state index is 11.7. The summed E-state index contributed by atoms with van der Waals surface area (Å²) in [6.45, 7) is 5.42. The summed E-state index contributed by atoms with van der Waals surface area (Å²) >= 11 is 0. The first kappa shape index (κ1) is 13.5. The molecule has 1 rings (SSSR count). The average molecular weight is 252 g/mol. The predicted molar refractivity (Wildman–Crippen MR) is 68.1 cm³/mol. The molecular weight excluding hydrogens is 236 g/mol. The van der Waals surface area contributed by atoms with Crippen LogP contribution in [0.3, 0.4) is 0 Å². The van der Waals surface area contributed by atoms with Crippen LogP contribution in [-0.4, -0.2) is 13.7 Å². The number of anilines is 1. The molecule has 0 aliphatic heterocycles. The second-order valence-corrected chi connectivity index (χ2v) is 6.20. The Balaban J connectivity index is 2.97. The summed E-state index contributed by atoms with van der Waals surface area (Å²) < 4.78 is 25.8. The van der Waals surface area contributed by atoms with Crippen molar-refractivity contribution in [1.82, 2.24) is 0 Å². The Hall–Kier alpha value is -1.54. The van der Waals surface area contributed by atoms with Crippen LogP contribution in [0, 0.1) is 11.3 Å². The van der Waals surface area contributed by atoms with E-state index in [1.54, 1.807) is 24.3 Å². The van der Waals surface area contributed by atoms with E-state index in [0.29, 0.717) is 11.6 Å². The van der Waals surface area contributed by atoms with Crippen LogP contribution < -0.4 is 4.72 Å². The third-order valence-electron chi connectivity index (χ3n) is 2.46. The normalized spacial score (nSPS) is 13.1. The van der Waals surface area contributed by atoms with Gasteiger partial charge >= 0.3 is 0 Å². The molecule has 4 nitrogen and oxygen atoms in total. The molecule has 0 radical (unpaired) electrons. The molecule has 1 atom stereocenters. The van der Waals surface area contributed by atoms with Gasteiger partial charge in [0.2, 0.25) is 10.0 Å². The lowest BCUT2D eigenvalue weighted by Crippen LogP contribution is -2.23. The number of hydrogen-bond donors (Lipinski definition) is 1. The van der Waals surface area contributed by atoms with Gasteiger partial charge in [0.15, 0.2) is 5.25 Å². The summed E-state index contributed by atoms with van der Waals surface area (Å²) in [5, 5.41) is 7.56. The van der Waals surface area contributed by atoms with Gasteiger partial charge in [-0.25, -0.2) is 8.42 Å². The minimum absolute atomic E-state index is 0.327. The van der Waals surface area contributed by atoms with Crippen LogP contribution in [-0.2, 0) is 10.0 Å². The third kappa shape index (κ3) is 3.46. The quantitative estimate of drug-likeness (QED) is 0.894. The highest BCUT2D eigenvalue weighted by atomic mass is 32.2. The second kappa shape index (κ2) is 5.19. The molecule has 1 N–H and O–H groups in total. The molecular formula is C12H16N2O2S. The Bertz CT molecular complexity index is 530. The molecule has 0 fully saturated rings. The molecule has 0 saturated carbocycles. The fraction of sp³-hybridized carbons (Fsp3) is 0.417. The van der Waals surface area contributed by atoms with Crippen molar-refractivity contribution in [2.75, 3.05) is 4.72 Å². The Morgan fingerprint density at radius 1 is 1.29 bits per heavy atom. The molecule has 0 bridgehead atoms. The highest BCUT2D eigenvalue weighted by molar-refractivity contribution is 7.93. The van der Waals surface area contributed by atoms with Gasteiger partial charge in [-0.2, -0.15) is 5.26 Å². The minimum Gasteiger partial charge on any atom is -0.282 e. The zero-order chi connectivity index (χ0) is 13.1. The molecule has 0 aliphatic rings. The predicted octanol–water partition coefficient (Wildman–Crippen LogP) is 2.46. The Kier molecular flexibility index (Phi) is 4.13. The zero-order valence-electron chi connectivity index (χ0n) is 10.1. The summed E-state index contributed by atoms with van der Waals surface area (Å²) in [5.41, 5.74) is 1.55. The number of nitrogens with zero attached hydrogens (tertiary/aromatic N) is 1. The summed E-state index contributed by atoms with van der Waals surface area (Å²) in [6, 6.07) is 8.91. The second-order valence-electron chi connectivity index (χ2n) is 4.20. The lowest BCUT2D eigenvalue weighted by atomic mass is 10.0. The van der Waals surface area contributed by atoms with Gasteiger partial charge in [-0.15, -0.1) is 0 Å². The van der Waals surface area contributed by atoms with Gasteiger partial charge in [-0.1, -0.05) is 26.0 Å². The van der Waals surface area contributed by atoms with Crippen LogP contribution in [0.5, 0.6) is 0 Å². The maximum Gasteiger partial charge on any atom is 0.248 e. The van der Waals surface area contributed by atoms with Gasteiger partial charge in [-0.05, 0) is 30.5 Å². The topological polar surface area (TPSA) is 70.0 Å². The molecule has 0 saturated heterocycles. The Morgan fingerprint density at radius 2 is 1.94 bits per heavy atom. The van der Waals surface area contributed by atoms with Crippen molar-refractivity contribution >= 4 is 15.7 Å². The summed E-state index contributed by atoms with van der Waals surface area (Å²) in [7, 11) is -3.62. The van der Waals surface area contributed by atoms with E-state index < -0.39 is 15.3 Å². The number of benzene rings is 1. The first-order valence-electron chi connectivity index (χ1n) is 5.38. The third-order valence-corrected chi connectivity index (χ3v) is 4.02. The van der Waals surface area contributed by atoms with Gasteiger partial charge in [0.1, 0.15) is 0 Å². The number of nitriles is 1. The zero-order valence-corrected chi connectivity index (χ0v) is 11.0. The lowest BCUT2D eigenvalue weighted by molar-refractivity contribution is 0.597. The van der Waals surface area contributed by atoms with Crippen molar-refractivity contribution < 1.29 is 8.42 Å². The highest BCUT2D eigenvalue weighted by Crippen LogP contribution is 2.19. The largest absolute Gasteiger partial charge is 0.282 e. The van der Waals surface area contributed by atoms with Crippen molar-refractivity contribution in [1.29, 1.82) is 5.26 Å². The molecule has 1 aromatic rings. The fourth-order valence-corrected chi connectivity index (χ4v) is 2.05. The monoisotopic (exact) mass is 252 g/mol. The van der Waals surface area contributed by atoms with Crippen LogP contribution in [0.1, 0.15) is 32.3 Å². The molecule has 0 amide bonds. The molecule has 1 unspecified atom stereocenters. The Morgan fingerprint density at radius 3 is 2.47 bits per heavy atom. The number of nitrogens with one attached hydrogen (secondary N) is 1. The molecule has 92 valence electrons. The van der Waals surface area contributed by atoms with Crippen LogP contribution in [0.25, 0.3) is 0 Å². The number of hydrogen-bond acceptors (Lipinski definition) is 3. The lowest BCUT2D eigenvalue weighted by Gasteiger charge is -2.11. The van der Waals surface area contributed by atoms with E-state index in [-0.39, 0.29) is 0 Å². The van der Waals surface area contributed by atoms with E-state index >= 15 is 0 Å². The van der Waals surface area contributed by atoms with Gasteiger partial charge in [0.05, 0.1) is 6.07 Å². The van der Waals surface area contributed by atoms with E-state index in [0.717, 1.165) is 5.56 Å². The van der Waals surface area contributed by atoms with Gasteiger partial charge < -0.3 is 0 Å². The first-order valence-corrected chi connectivity index (χ1v) is 6.92. The summed E-state index contributed by atoms with van der Waals surface area (Å²) in [4.78, 5) is 0. The van der Waals surface area contributed by atoms with Crippen molar-refractivity contribution in [3.8, 4) is 6.07 Å². The van der Waals surface area contributed by atoms with E-state index in [1.165, 1.54) is 6.92 Å². The Labute approximate surface area is 102 Å². The van der Waals surface area contributed by atoms with Crippen LogP contribution >= 0.6 is 0 Å². The molecule has 5 heteroatoms. The maximum atomic E-state index is 11.7. The van der Waals surface area contributed by atoms with E-state index in [1.807, 2.05) is 19.9 Å². The van der Waals surface area contributed by atoms with Crippen LogP contribution in [0.4, 0.5) is 5.69 Å². The molecule has 0 spiro atoms. The standard InChI is InChI=1S/C12H16N2O2S/c1-9(2)11-5-4-6-12(7-11)14-17(15,16)10(3)8-13/h4-7,9-10,14H,1-3H3. The van der Waals surface area contributed by atoms with Crippen molar-refractivity contribution in [3.05, 3.63) is 29.8 Å². The van der Waals surface area contributed by atoms with Gasteiger partial charge in [-0.3, -0.25) is 4.72 Å². The minimum atomic E-state index is -3.62. The molecule has 0 heterocycles. The highest BCUT2D eigenvalue weighted by Gasteiger charge is 2.19. The molecule has 1 aromatic carbocycles. The molecule has 17 heavy (non-hydrogen) atoms. The van der Waals surface area contributed by atoms with Crippen molar-refractivity contribution in [2.45, 2.75) is 31.9 Å². The summed E-state index contributed by atoms with van der Waals surface area (Å²) in [6.07, 6.45) is 0. The number of sulfonamides is 1. The van der Waals surface area contributed by atoms with E-state index in [2.05, 4.69) is 4.72 Å². The average Bonchev–Trinajstić information content (AvgIpc) is 2.27.